The van der Waals surface area contributed by atoms with Crippen LogP contribution in [0.15, 0.2) is 18.2 Å². The maximum absolute atomic E-state index is 13.9. The number of carboxylic acids is 1. The summed E-state index contributed by atoms with van der Waals surface area (Å²) in [6.07, 6.45) is -0.248. The lowest BCUT2D eigenvalue weighted by molar-refractivity contribution is -0.136. The SMILES string of the molecule is Cc1nn(CC(C)C)c(C)c1CC(=O)Nc1ccc(CC(=O)O)c(F)c1. The van der Waals surface area contributed by atoms with Gasteiger partial charge in [0.05, 0.1) is 18.5 Å². The molecular weight excluding hydrogens is 337 g/mol. The smallest absolute Gasteiger partial charge is 0.307 e. The number of aliphatic carboxylic acids is 1. The monoisotopic (exact) mass is 361 g/mol. The van der Waals surface area contributed by atoms with Gasteiger partial charge in [0.1, 0.15) is 5.82 Å². The maximum Gasteiger partial charge on any atom is 0.307 e. The quantitative estimate of drug-likeness (QED) is 0.794. The predicted octanol–water partition coefficient (Wildman–Crippen LogP) is 3.10. The maximum atomic E-state index is 13.9. The molecule has 1 amide bonds. The summed E-state index contributed by atoms with van der Waals surface area (Å²) in [6, 6.07) is 4.01. The number of carbonyl (C=O) groups excluding carboxylic acids is 1. The number of rotatable bonds is 7. The molecule has 0 atom stereocenters. The van der Waals surface area contributed by atoms with Crippen molar-refractivity contribution in [3.63, 3.8) is 0 Å². The van der Waals surface area contributed by atoms with Gasteiger partial charge in [0.15, 0.2) is 0 Å². The first-order valence-corrected chi connectivity index (χ1v) is 8.50. The topological polar surface area (TPSA) is 84.2 Å². The van der Waals surface area contributed by atoms with E-state index in [9.17, 15) is 14.0 Å². The van der Waals surface area contributed by atoms with Crippen LogP contribution in [0, 0.1) is 25.6 Å². The number of carboxylic acid groups (broad SMARTS) is 1. The minimum Gasteiger partial charge on any atom is -0.481 e. The zero-order chi connectivity index (χ0) is 19.4. The molecule has 0 aliphatic carbocycles. The molecule has 1 aromatic carbocycles. The number of hydrogen-bond donors (Lipinski definition) is 2. The molecule has 7 heteroatoms. The van der Waals surface area contributed by atoms with Crippen LogP contribution < -0.4 is 5.32 Å². The molecule has 1 aromatic heterocycles. The standard InChI is InChI=1S/C19H24FN3O3/c1-11(2)10-23-13(4)16(12(3)22-23)9-18(24)21-15-6-5-14(7-19(25)26)17(20)8-15/h5-6,8,11H,7,9-10H2,1-4H3,(H,21,24)(H,25,26). The molecule has 0 bridgehead atoms. The van der Waals surface area contributed by atoms with E-state index in [4.69, 9.17) is 5.11 Å². The Bertz CT molecular complexity index is 828. The molecule has 0 aliphatic rings. The second kappa shape index (κ2) is 8.12. The third-order valence-corrected chi connectivity index (χ3v) is 4.09. The number of amides is 1. The number of nitrogens with one attached hydrogen (secondary N) is 1. The lowest BCUT2D eigenvalue weighted by Gasteiger charge is -2.09. The summed E-state index contributed by atoms with van der Waals surface area (Å²) in [6.45, 7) is 8.79. The summed E-state index contributed by atoms with van der Waals surface area (Å²) in [5.41, 5.74) is 3.01. The van der Waals surface area contributed by atoms with Crippen LogP contribution in [0.25, 0.3) is 0 Å². The van der Waals surface area contributed by atoms with Gasteiger partial charge < -0.3 is 10.4 Å². The van der Waals surface area contributed by atoms with Crippen molar-refractivity contribution < 1.29 is 19.1 Å². The average molecular weight is 361 g/mol. The van der Waals surface area contributed by atoms with E-state index in [1.54, 1.807) is 0 Å². The van der Waals surface area contributed by atoms with Crippen LogP contribution in [0.1, 0.15) is 36.4 Å². The molecule has 1 heterocycles. The van der Waals surface area contributed by atoms with E-state index < -0.39 is 18.2 Å². The van der Waals surface area contributed by atoms with Crippen molar-refractivity contribution in [3.05, 3.63) is 46.5 Å². The van der Waals surface area contributed by atoms with Crippen LogP contribution in [-0.4, -0.2) is 26.8 Å². The number of hydrogen-bond acceptors (Lipinski definition) is 3. The van der Waals surface area contributed by atoms with Gasteiger partial charge >= 0.3 is 5.97 Å². The van der Waals surface area contributed by atoms with Gasteiger partial charge in [0.25, 0.3) is 0 Å². The highest BCUT2D eigenvalue weighted by Gasteiger charge is 2.16. The van der Waals surface area contributed by atoms with Crippen LogP contribution in [-0.2, 0) is 29.0 Å². The Morgan fingerprint density at radius 1 is 1.27 bits per heavy atom. The molecule has 140 valence electrons. The Labute approximate surface area is 152 Å². The van der Waals surface area contributed by atoms with Gasteiger partial charge in [-0.1, -0.05) is 19.9 Å². The zero-order valence-electron chi connectivity index (χ0n) is 15.5. The number of anilines is 1. The van der Waals surface area contributed by atoms with Gasteiger partial charge in [0.2, 0.25) is 5.91 Å². The van der Waals surface area contributed by atoms with E-state index in [1.807, 2.05) is 18.5 Å². The molecule has 2 aromatic rings. The fourth-order valence-electron chi connectivity index (χ4n) is 2.81. The van der Waals surface area contributed by atoms with E-state index in [1.165, 1.54) is 12.1 Å². The summed E-state index contributed by atoms with van der Waals surface area (Å²) in [5.74, 6) is -1.58. The third-order valence-electron chi connectivity index (χ3n) is 4.09. The van der Waals surface area contributed by atoms with Gasteiger partial charge in [-0.25, -0.2) is 4.39 Å². The number of nitrogens with zero attached hydrogens (tertiary/aromatic N) is 2. The summed E-state index contributed by atoms with van der Waals surface area (Å²) in [4.78, 5) is 23.0. The summed E-state index contributed by atoms with van der Waals surface area (Å²) < 4.78 is 15.8. The molecule has 0 saturated carbocycles. The Morgan fingerprint density at radius 2 is 1.96 bits per heavy atom. The normalized spacial score (nSPS) is 11.0. The van der Waals surface area contributed by atoms with E-state index >= 15 is 0 Å². The first-order chi connectivity index (χ1) is 12.2. The molecule has 0 fully saturated rings. The highest BCUT2D eigenvalue weighted by molar-refractivity contribution is 5.92. The van der Waals surface area contributed by atoms with Crippen molar-refractivity contribution in [2.24, 2.45) is 5.92 Å². The molecule has 2 rings (SSSR count). The third kappa shape index (κ3) is 4.91. The Balaban J connectivity index is 2.08. The van der Waals surface area contributed by atoms with E-state index in [0.29, 0.717) is 11.6 Å². The molecule has 0 unspecified atom stereocenters. The summed E-state index contributed by atoms with van der Waals surface area (Å²) >= 11 is 0. The molecule has 0 saturated heterocycles. The highest BCUT2D eigenvalue weighted by Crippen LogP contribution is 2.18. The minimum atomic E-state index is -1.11. The zero-order valence-corrected chi connectivity index (χ0v) is 15.5. The second-order valence-electron chi connectivity index (χ2n) is 6.83. The summed E-state index contributed by atoms with van der Waals surface area (Å²) in [7, 11) is 0. The van der Waals surface area contributed by atoms with Gasteiger partial charge in [-0.05, 0) is 37.5 Å². The van der Waals surface area contributed by atoms with Crippen LogP contribution in [0.4, 0.5) is 10.1 Å². The number of carbonyl (C=O) groups is 2. The van der Waals surface area contributed by atoms with Gasteiger partial charge in [-0.15, -0.1) is 0 Å². The van der Waals surface area contributed by atoms with Crippen molar-refractivity contribution in [1.29, 1.82) is 0 Å². The lowest BCUT2D eigenvalue weighted by Crippen LogP contribution is -2.16. The molecule has 0 spiro atoms. The van der Waals surface area contributed by atoms with E-state index in [0.717, 1.165) is 29.6 Å². The Kier molecular flexibility index (Phi) is 6.13. The van der Waals surface area contributed by atoms with E-state index in [-0.39, 0.29) is 17.9 Å². The number of aromatic nitrogens is 2. The van der Waals surface area contributed by atoms with Crippen molar-refractivity contribution in [2.75, 3.05) is 5.32 Å². The number of halogens is 1. The number of benzene rings is 1. The average Bonchev–Trinajstić information content (AvgIpc) is 2.76. The minimum absolute atomic E-state index is 0.0807. The van der Waals surface area contributed by atoms with Gasteiger partial charge in [-0.2, -0.15) is 5.10 Å². The van der Waals surface area contributed by atoms with Gasteiger partial charge in [-0.3, -0.25) is 14.3 Å². The first-order valence-electron chi connectivity index (χ1n) is 8.50. The molecule has 0 aliphatic heterocycles. The Morgan fingerprint density at radius 3 is 2.54 bits per heavy atom. The van der Waals surface area contributed by atoms with Crippen molar-refractivity contribution in [1.82, 2.24) is 9.78 Å². The van der Waals surface area contributed by atoms with E-state index in [2.05, 4.69) is 24.3 Å². The van der Waals surface area contributed by atoms with Crippen LogP contribution in [0.5, 0.6) is 0 Å². The fourth-order valence-corrected chi connectivity index (χ4v) is 2.81. The highest BCUT2D eigenvalue weighted by atomic mass is 19.1. The first kappa shape index (κ1) is 19.6. The van der Waals surface area contributed by atoms with Crippen molar-refractivity contribution in [3.8, 4) is 0 Å². The molecule has 2 N–H and O–H groups in total. The second-order valence-corrected chi connectivity index (χ2v) is 6.83. The summed E-state index contributed by atoms with van der Waals surface area (Å²) in [5, 5.41) is 15.9. The largest absolute Gasteiger partial charge is 0.481 e. The number of aryl methyl sites for hydroxylation is 1. The molecular formula is C19H24FN3O3. The fraction of sp³-hybridized carbons (Fsp3) is 0.421. The van der Waals surface area contributed by atoms with Crippen molar-refractivity contribution >= 4 is 17.6 Å². The van der Waals surface area contributed by atoms with Crippen LogP contribution in [0.3, 0.4) is 0 Å². The molecule has 6 nitrogen and oxygen atoms in total. The predicted molar refractivity (Wildman–Crippen MR) is 96.6 cm³/mol. The van der Waals surface area contributed by atoms with Gasteiger partial charge in [0, 0.05) is 23.5 Å². The Hall–Kier alpha value is -2.70. The van der Waals surface area contributed by atoms with Crippen LogP contribution >= 0.6 is 0 Å². The lowest BCUT2D eigenvalue weighted by atomic mass is 10.1. The molecule has 26 heavy (non-hydrogen) atoms. The molecule has 0 radical (unpaired) electrons. The van der Waals surface area contributed by atoms with Crippen molar-refractivity contribution in [2.45, 2.75) is 47.1 Å². The van der Waals surface area contributed by atoms with Crippen LogP contribution in [0.2, 0.25) is 0 Å².